The summed E-state index contributed by atoms with van der Waals surface area (Å²) in [5.74, 6) is 1.39. The molecule has 0 saturated carbocycles. The van der Waals surface area contributed by atoms with Gasteiger partial charge >= 0.3 is 0 Å². The van der Waals surface area contributed by atoms with E-state index in [-0.39, 0.29) is 11.8 Å². The number of alkyl halides is 1. The number of carbonyl (C=O) groups is 1. The molecule has 2 heterocycles. The summed E-state index contributed by atoms with van der Waals surface area (Å²) in [6, 6.07) is 3.54. The van der Waals surface area contributed by atoms with Crippen LogP contribution in [0, 0.1) is 5.92 Å². The summed E-state index contributed by atoms with van der Waals surface area (Å²) in [5.41, 5.74) is 0. The third-order valence-electron chi connectivity index (χ3n) is 2.32. The van der Waals surface area contributed by atoms with Crippen LogP contribution >= 0.6 is 27.5 Å². The molecule has 1 fully saturated rings. The Morgan fingerprint density at radius 2 is 2.33 bits per heavy atom. The van der Waals surface area contributed by atoms with E-state index in [9.17, 15) is 4.79 Å². The molecule has 0 bridgehead atoms. The number of anilines is 1. The Kier molecular flexibility index (Phi) is 3.21. The monoisotopic (exact) mass is 289 g/mol. The maximum absolute atomic E-state index is 11.6. The number of amides is 1. The molecular weight excluding hydrogens is 281 g/mol. The molecule has 2 rings (SSSR count). The highest BCUT2D eigenvalue weighted by atomic mass is 79.9. The number of rotatable bonds is 2. The van der Waals surface area contributed by atoms with Crippen LogP contribution in [0.3, 0.4) is 0 Å². The lowest BCUT2D eigenvalue weighted by molar-refractivity contribution is -0.117. The van der Waals surface area contributed by atoms with Crippen molar-refractivity contribution in [2.45, 2.75) is 6.42 Å². The van der Waals surface area contributed by atoms with Crippen LogP contribution in [0.15, 0.2) is 16.7 Å². The minimum Gasteiger partial charge on any atom is -0.295 e. The van der Waals surface area contributed by atoms with Gasteiger partial charge in [-0.2, -0.15) is 0 Å². The number of nitrogens with zero attached hydrogens (tertiary/aromatic N) is 3. The standard InChI is InChI=1S/C9H9BrClN3O/c10-7-1-2-8(13-12-7)14-5-6(4-11)3-9(14)15/h1-2,6H,3-5H2. The normalized spacial score (nSPS) is 21.1. The van der Waals surface area contributed by atoms with Crippen molar-refractivity contribution in [3.05, 3.63) is 16.7 Å². The van der Waals surface area contributed by atoms with Crippen molar-refractivity contribution in [3.8, 4) is 0 Å². The Balaban J connectivity index is 2.18. The summed E-state index contributed by atoms with van der Waals surface area (Å²) in [6.07, 6.45) is 0.501. The van der Waals surface area contributed by atoms with E-state index in [1.54, 1.807) is 17.0 Å². The van der Waals surface area contributed by atoms with E-state index in [2.05, 4.69) is 26.1 Å². The number of aromatic nitrogens is 2. The lowest BCUT2D eigenvalue weighted by atomic mass is 10.1. The maximum atomic E-state index is 11.6. The van der Waals surface area contributed by atoms with E-state index >= 15 is 0 Å². The van der Waals surface area contributed by atoms with Gasteiger partial charge in [-0.15, -0.1) is 21.8 Å². The smallest absolute Gasteiger partial charge is 0.228 e. The summed E-state index contributed by atoms with van der Waals surface area (Å²) in [7, 11) is 0. The van der Waals surface area contributed by atoms with Gasteiger partial charge in [0.25, 0.3) is 0 Å². The SMILES string of the molecule is O=C1CC(CCl)CN1c1ccc(Br)nn1. The zero-order chi connectivity index (χ0) is 10.8. The predicted octanol–water partition coefficient (Wildman–Crippen LogP) is 1.83. The van der Waals surface area contributed by atoms with Gasteiger partial charge in [0.15, 0.2) is 5.82 Å². The molecule has 1 amide bonds. The molecule has 15 heavy (non-hydrogen) atoms. The number of hydrogen-bond donors (Lipinski definition) is 0. The van der Waals surface area contributed by atoms with E-state index in [0.717, 1.165) is 0 Å². The lowest BCUT2D eigenvalue weighted by Gasteiger charge is -2.13. The second kappa shape index (κ2) is 4.45. The van der Waals surface area contributed by atoms with Gasteiger partial charge in [-0.1, -0.05) is 0 Å². The van der Waals surface area contributed by atoms with Gasteiger partial charge in [0.05, 0.1) is 0 Å². The molecule has 1 aliphatic heterocycles. The molecule has 1 aromatic heterocycles. The zero-order valence-corrected chi connectivity index (χ0v) is 10.2. The number of hydrogen-bond acceptors (Lipinski definition) is 3. The molecule has 1 aliphatic rings. The summed E-state index contributed by atoms with van der Waals surface area (Å²) in [4.78, 5) is 13.2. The fourth-order valence-electron chi connectivity index (χ4n) is 1.56. The third kappa shape index (κ3) is 2.29. The molecule has 0 radical (unpaired) electrons. The summed E-state index contributed by atoms with van der Waals surface area (Å²) >= 11 is 8.93. The van der Waals surface area contributed by atoms with Gasteiger partial charge in [-0.25, -0.2) is 0 Å². The van der Waals surface area contributed by atoms with Crippen LogP contribution in [0.4, 0.5) is 5.82 Å². The van der Waals surface area contributed by atoms with Gasteiger partial charge in [-0.05, 0) is 34.0 Å². The van der Waals surface area contributed by atoms with Crippen LogP contribution in [-0.4, -0.2) is 28.5 Å². The number of carbonyl (C=O) groups excluding carboxylic acids is 1. The Labute approximate surface area is 101 Å². The molecule has 1 unspecified atom stereocenters. The summed E-state index contributed by atoms with van der Waals surface area (Å²) in [5, 5.41) is 7.79. The van der Waals surface area contributed by atoms with Crippen molar-refractivity contribution in [1.29, 1.82) is 0 Å². The average molecular weight is 291 g/mol. The van der Waals surface area contributed by atoms with Crippen molar-refractivity contribution in [3.63, 3.8) is 0 Å². The first kappa shape index (κ1) is 10.8. The van der Waals surface area contributed by atoms with E-state index in [1.807, 2.05) is 0 Å². The van der Waals surface area contributed by atoms with Crippen LogP contribution < -0.4 is 4.90 Å². The molecule has 0 aliphatic carbocycles. The largest absolute Gasteiger partial charge is 0.295 e. The molecule has 0 N–H and O–H groups in total. The quantitative estimate of drug-likeness (QED) is 0.781. The zero-order valence-electron chi connectivity index (χ0n) is 7.86. The van der Waals surface area contributed by atoms with Gasteiger partial charge in [0.2, 0.25) is 5.91 Å². The molecule has 1 atom stereocenters. The predicted molar refractivity (Wildman–Crippen MR) is 60.9 cm³/mol. The van der Waals surface area contributed by atoms with E-state index in [4.69, 9.17) is 11.6 Å². The summed E-state index contributed by atoms with van der Waals surface area (Å²) in [6.45, 7) is 0.638. The Bertz CT molecular complexity index is 370. The molecule has 6 heteroatoms. The number of halogens is 2. The van der Waals surface area contributed by atoms with E-state index < -0.39 is 0 Å². The molecule has 80 valence electrons. The average Bonchev–Trinajstić information content (AvgIpc) is 2.61. The minimum absolute atomic E-state index is 0.0669. The molecule has 0 spiro atoms. The van der Waals surface area contributed by atoms with Gasteiger partial charge in [0.1, 0.15) is 4.60 Å². The van der Waals surface area contributed by atoms with Gasteiger partial charge in [0, 0.05) is 18.8 Å². The van der Waals surface area contributed by atoms with Gasteiger partial charge < -0.3 is 0 Å². The topological polar surface area (TPSA) is 46.1 Å². The highest BCUT2D eigenvalue weighted by Crippen LogP contribution is 2.24. The maximum Gasteiger partial charge on any atom is 0.228 e. The highest BCUT2D eigenvalue weighted by Gasteiger charge is 2.30. The fourth-order valence-corrected chi connectivity index (χ4v) is 1.98. The molecule has 1 aromatic rings. The minimum atomic E-state index is 0.0669. The van der Waals surface area contributed by atoms with Crippen LogP contribution in [0.25, 0.3) is 0 Å². The van der Waals surface area contributed by atoms with Crippen molar-refractivity contribution >= 4 is 39.3 Å². The van der Waals surface area contributed by atoms with Crippen molar-refractivity contribution < 1.29 is 4.79 Å². The Morgan fingerprint density at radius 3 is 2.87 bits per heavy atom. The second-order valence-electron chi connectivity index (χ2n) is 3.44. The first-order chi connectivity index (χ1) is 7.20. The van der Waals surface area contributed by atoms with Crippen LogP contribution in [0.5, 0.6) is 0 Å². The molecule has 1 saturated heterocycles. The van der Waals surface area contributed by atoms with Crippen molar-refractivity contribution in [1.82, 2.24) is 10.2 Å². The van der Waals surface area contributed by atoms with E-state index in [0.29, 0.717) is 29.3 Å². The van der Waals surface area contributed by atoms with Gasteiger partial charge in [-0.3, -0.25) is 9.69 Å². The highest BCUT2D eigenvalue weighted by molar-refractivity contribution is 9.10. The summed E-state index contributed by atoms with van der Waals surface area (Å²) < 4.78 is 0.659. The Hall–Kier alpha value is -0.680. The second-order valence-corrected chi connectivity index (χ2v) is 4.56. The molecular formula is C9H9BrClN3O. The van der Waals surface area contributed by atoms with Crippen molar-refractivity contribution in [2.24, 2.45) is 5.92 Å². The van der Waals surface area contributed by atoms with Crippen molar-refractivity contribution in [2.75, 3.05) is 17.3 Å². The first-order valence-corrected chi connectivity index (χ1v) is 5.89. The molecule has 0 aromatic carbocycles. The van der Waals surface area contributed by atoms with Crippen LogP contribution in [-0.2, 0) is 4.79 Å². The van der Waals surface area contributed by atoms with Crippen LogP contribution in [0.1, 0.15) is 6.42 Å². The third-order valence-corrected chi connectivity index (χ3v) is 3.18. The molecule has 4 nitrogen and oxygen atoms in total. The van der Waals surface area contributed by atoms with E-state index in [1.165, 1.54) is 0 Å². The first-order valence-electron chi connectivity index (χ1n) is 4.56. The Morgan fingerprint density at radius 1 is 1.53 bits per heavy atom. The van der Waals surface area contributed by atoms with Crippen LogP contribution in [0.2, 0.25) is 0 Å². The fraction of sp³-hybridized carbons (Fsp3) is 0.444. The lowest BCUT2D eigenvalue weighted by Crippen LogP contribution is -2.25.